The number of rotatable bonds is 3. The molecule has 0 saturated carbocycles. The second-order valence-corrected chi connectivity index (χ2v) is 4.52. The Morgan fingerprint density at radius 1 is 1.44 bits per heavy atom. The summed E-state index contributed by atoms with van der Waals surface area (Å²) < 4.78 is 5.31. The fourth-order valence-corrected chi connectivity index (χ4v) is 1.97. The van der Waals surface area contributed by atoms with Gasteiger partial charge in [0.25, 0.3) is 0 Å². The Morgan fingerprint density at radius 3 is 2.89 bits per heavy atom. The maximum atomic E-state index is 12.0. The molecule has 0 aromatic heterocycles. The molecule has 18 heavy (non-hydrogen) atoms. The van der Waals surface area contributed by atoms with Gasteiger partial charge in [0, 0.05) is 18.2 Å². The van der Waals surface area contributed by atoms with Crippen LogP contribution in [0.4, 0.5) is 0 Å². The molecule has 1 heterocycles. The van der Waals surface area contributed by atoms with Gasteiger partial charge in [-0.05, 0) is 25.1 Å². The first-order chi connectivity index (χ1) is 8.58. The fourth-order valence-electron chi connectivity index (χ4n) is 1.97. The largest absolute Gasteiger partial charge is 0.504 e. The van der Waals surface area contributed by atoms with E-state index >= 15 is 0 Å². The number of carbonyl (C=O) groups is 1. The molecule has 1 aromatic rings. The molecule has 5 nitrogen and oxygen atoms in total. The molecule has 0 spiro atoms. The molecular weight excluding hydrogens is 234 g/mol. The molecule has 0 radical (unpaired) electrons. The van der Waals surface area contributed by atoms with Crippen LogP contribution in [0.25, 0.3) is 0 Å². The number of phenols is 2. The van der Waals surface area contributed by atoms with Crippen molar-refractivity contribution >= 4 is 5.78 Å². The van der Waals surface area contributed by atoms with Gasteiger partial charge in [-0.3, -0.25) is 9.69 Å². The van der Waals surface area contributed by atoms with Crippen LogP contribution >= 0.6 is 0 Å². The summed E-state index contributed by atoms with van der Waals surface area (Å²) in [5.74, 6) is -0.554. The van der Waals surface area contributed by atoms with E-state index in [9.17, 15) is 15.0 Å². The van der Waals surface area contributed by atoms with Crippen LogP contribution in [0.15, 0.2) is 18.2 Å². The van der Waals surface area contributed by atoms with Crippen molar-refractivity contribution in [2.45, 2.75) is 13.0 Å². The van der Waals surface area contributed by atoms with Gasteiger partial charge in [0.1, 0.15) is 0 Å². The number of hydrogen-bond donors (Lipinski definition) is 2. The van der Waals surface area contributed by atoms with Crippen LogP contribution in [-0.2, 0) is 4.74 Å². The van der Waals surface area contributed by atoms with Gasteiger partial charge in [0.2, 0.25) is 0 Å². The van der Waals surface area contributed by atoms with Crippen LogP contribution in [0.1, 0.15) is 17.3 Å². The van der Waals surface area contributed by atoms with Crippen molar-refractivity contribution < 1.29 is 19.7 Å². The predicted octanol–water partition coefficient (Wildman–Crippen LogP) is 1.00. The molecule has 0 aliphatic carbocycles. The Hall–Kier alpha value is -1.59. The Morgan fingerprint density at radius 2 is 2.22 bits per heavy atom. The molecule has 1 fully saturated rings. The predicted molar refractivity (Wildman–Crippen MR) is 66.0 cm³/mol. The number of aromatic hydroxyl groups is 2. The number of carbonyl (C=O) groups excluding carboxylic acids is 1. The molecule has 1 aliphatic heterocycles. The lowest BCUT2D eigenvalue weighted by atomic mass is 10.1. The van der Waals surface area contributed by atoms with Gasteiger partial charge in [0.05, 0.1) is 19.8 Å². The molecule has 2 rings (SSSR count). The van der Waals surface area contributed by atoms with Gasteiger partial charge in [0.15, 0.2) is 17.3 Å². The Bertz CT molecular complexity index is 447. The molecule has 1 aromatic carbocycles. The summed E-state index contributed by atoms with van der Waals surface area (Å²) in [7, 11) is 0. The number of Topliss-reactive ketones (excluding diaryl/α,β-unsaturated/α-hetero) is 1. The van der Waals surface area contributed by atoms with E-state index in [1.807, 2.05) is 6.92 Å². The van der Waals surface area contributed by atoms with Gasteiger partial charge in [-0.15, -0.1) is 0 Å². The van der Waals surface area contributed by atoms with Crippen molar-refractivity contribution in [1.82, 2.24) is 4.90 Å². The molecule has 0 bridgehead atoms. The van der Waals surface area contributed by atoms with Crippen molar-refractivity contribution in [1.29, 1.82) is 0 Å². The first-order valence-corrected chi connectivity index (χ1v) is 5.95. The Kier molecular flexibility index (Phi) is 3.84. The van der Waals surface area contributed by atoms with Gasteiger partial charge < -0.3 is 14.9 Å². The van der Waals surface area contributed by atoms with Crippen LogP contribution in [-0.4, -0.2) is 53.2 Å². The van der Waals surface area contributed by atoms with Crippen LogP contribution in [0.5, 0.6) is 11.5 Å². The molecular formula is C13H17NO4. The lowest BCUT2D eigenvalue weighted by molar-refractivity contribution is 0.00200. The minimum Gasteiger partial charge on any atom is -0.504 e. The maximum absolute atomic E-state index is 12.0. The molecule has 0 amide bonds. The number of hydrogen-bond acceptors (Lipinski definition) is 5. The molecule has 5 heteroatoms. The zero-order chi connectivity index (χ0) is 13.1. The van der Waals surface area contributed by atoms with Crippen LogP contribution in [0.2, 0.25) is 0 Å². The minimum absolute atomic E-state index is 0.0703. The molecule has 1 aliphatic rings. The van der Waals surface area contributed by atoms with Crippen molar-refractivity contribution in [2.24, 2.45) is 0 Å². The highest BCUT2D eigenvalue weighted by molar-refractivity contribution is 5.98. The number of nitrogens with zero attached hydrogens (tertiary/aromatic N) is 1. The third kappa shape index (κ3) is 2.80. The standard InChI is InChI=1S/C13H17NO4/c1-9-8-18-5-4-14(9)7-13(17)10-2-3-11(15)12(16)6-10/h2-3,6,9,15-16H,4-5,7-8H2,1H3. The molecule has 1 unspecified atom stereocenters. The quantitative estimate of drug-likeness (QED) is 0.619. The van der Waals surface area contributed by atoms with E-state index in [2.05, 4.69) is 4.90 Å². The monoisotopic (exact) mass is 251 g/mol. The second kappa shape index (κ2) is 5.37. The van der Waals surface area contributed by atoms with E-state index in [4.69, 9.17) is 4.74 Å². The third-order valence-electron chi connectivity index (χ3n) is 3.15. The number of phenolic OH excluding ortho intramolecular Hbond substituents is 2. The van der Waals surface area contributed by atoms with Crippen molar-refractivity contribution in [2.75, 3.05) is 26.3 Å². The summed E-state index contributed by atoms with van der Waals surface area (Å²) in [6.07, 6.45) is 0. The van der Waals surface area contributed by atoms with Crippen LogP contribution in [0, 0.1) is 0 Å². The lowest BCUT2D eigenvalue weighted by Crippen LogP contribution is -2.45. The second-order valence-electron chi connectivity index (χ2n) is 4.52. The van der Waals surface area contributed by atoms with Crippen molar-refractivity contribution in [3.63, 3.8) is 0 Å². The zero-order valence-electron chi connectivity index (χ0n) is 10.3. The molecule has 1 atom stereocenters. The highest BCUT2D eigenvalue weighted by atomic mass is 16.5. The fraction of sp³-hybridized carbons (Fsp3) is 0.462. The van der Waals surface area contributed by atoms with Gasteiger partial charge in [-0.25, -0.2) is 0 Å². The molecule has 1 saturated heterocycles. The van der Waals surface area contributed by atoms with Crippen molar-refractivity contribution in [3.05, 3.63) is 23.8 Å². The van der Waals surface area contributed by atoms with E-state index < -0.39 is 0 Å². The van der Waals surface area contributed by atoms with Crippen molar-refractivity contribution in [3.8, 4) is 11.5 Å². The van der Waals surface area contributed by atoms with E-state index in [0.29, 0.717) is 25.3 Å². The normalized spacial score (nSPS) is 20.8. The number of morpholine rings is 1. The van der Waals surface area contributed by atoms with E-state index in [1.165, 1.54) is 18.2 Å². The summed E-state index contributed by atoms with van der Waals surface area (Å²) >= 11 is 0. The summed E-state index contributed by atoms with van der Waals surface area (Å²) in [5.41, 5.74) is 0.406. The average Bonchev–Trinajstić information content (AvgIpc) is 2.35. The summed E-state index contributed by atoms with van der Waals surface area (Å²) in [6, 6.07) is 4.35. The highest BCUT2D eigenvalue weighted by Crippen LogP contribution is 2.25. The Labute approximate surface area is 106 Å². The third-order valence-corrected chi connectivity index (χ3v) is 3.15. The first-order valence-electron chi connectivity index (χ1n) is 5.95. The highest BCUT2D eigenvalue weighted by Gasteiger charge is 2.21. The number of ketones is 1. The zero-order valence-corrected chi connectivity index (χ0v) is 10.3. The van der Waals surface area contributed by atoms with Gasteiger partial charge in [-0.2, -0.15) is 0 Å². The van der Waals surface area contributed by atoms with E-state index in [1.54, 1.807) is 0 Å². The first kappa shape index (κ1) is 12.9. The number of ether oxygens (including phenoxy) is 1. The number of benzene rings is 1. The summed E-state index contributed by atoms with van der Waals surface area (Å²) in [6.45, 7) is 4.32. The summed E-state index contributed by atoms with van der Waals surface area (Å²) in [4.78, 5) is 14.1. The molecule has 98 valence electrons. The van der Waals surface area contributed by atoms with Gasteiger partial charge >= 0.3 is 0 Å². The Balaban J connectivity index is 2.04. The van der Waals surface area contributed by atoms with E-state index in [-0.39, 0.29) is 23.3 Å². The SMILES string of the molecule is CC1COCCN1CC(=O)c1ccc(O)c(O)c1. The average molecular weight is 251 g/mol. The minimum atomic E-state index is -0.268. The van der Waals surface area contributed by atoms with E-state index in [0.717, 1.165) is 6.54 Å². The lowest BCUT2D eigenvalue weighted by Gasteiger charge is -2.32. The topological polar surface area (TPSA) is 70.0 Å². The van der Waals surface area contributed by atoms with Crippen LogP contribution in [0.3, 0.4) is 0 Å². The maximum Gasteiger partial charge on any atom is 0.176 e. The molecule has 2 N–H and O–H groups in total. The smallest absolute Gasteiger partial charge is 0.176 e. The van der Waals surface area contributed by atoms with Crippen LogP contribution < -0.4 is 0 Å². The summed E-state index contributed by atoms with van der Waals surface area (Å²) in [5, 5.41) is 18.6. The van der Waals surface area contributed by atoms with Gasteiger partial charge in [-0.1, -0.05) is 0 Å².